The molecule has 1 aromatic heterocycles. The second kappa shape index (κ2) is 8.86. The van der Waals surface area contributed by atoms with E-state index < -0.39 is 0 Å². The van der Waals surface area contributed by atoms with Crippen molar-refractivity contribution in [3.63, 3.8) is 0 Å². The third kappa shape index (κ3) is 5.53. The fourth-order valence-corrected chi connectivity index (χ4v) is 2.32. The molecule has 1 amide bonds. The lowest BCUT2D eigenvalue weighted by Crippen LogP contribution is -2.15. The zero-order valence-electron chi connectivity index (χ0n) is 14.4. The zero-order valence-corrected chi connectivity index (χ0v) is 14.4. The highest BCUT2D eigenvalue weighted by Gasteiger charge is 2.07. The summed E-state index contributed by atoms with van der Waals surface area (Å²) in [6, 6.07) is 9.36. The molecule has 1 heterocycles. The van der Waals surface area contributed by atoms with Gasteiger partial charge in [0, 0.05) is 24.4 Å². The largest absolute Gasteiger partial charge is 0.492 e. The molecule has 0 unspecified atom stereocenters. The van der Waals surface area contributed by atoms with Crippen LogP contribution in [0.25, 0.3) is 0 Å². The maximum Gasteiger partial charge on any atom is 0.224 e. The minimum atomic E-state index is -0.0368. The van der Waals surface area contributed by atoms with Gasteiger partial charge in [0.1, 0.15) is 5.75 Å². The van der Waals surface area contributed by atoms with Crippen molar-refractivity contribution in [2.24, 2.45) is 0 Å². The van der Waals surface area contributed by atoms with Gasteiger partial charge in [0.15, 0.2) is 0 Å². The Morgan fingerprint density at radius 2 is 1.88 bits per heavy atom. The van der Waals surface area contributed by atoms with E-state index in [2.05, 4.69) is 20.6 Å². The molecule has 2 rings (SSSR count). The first kappa shape index (κ1) is 17.7. The van der Waals surface area contributed by atoms with Crippen LogP contribution in [0, 0.1) is 13.8 Å². The quantitative estimate of drug-likeness (QED) is 0.727. The van der Waals surface area contributed by atoms with E-state index in [1.165, 1.54) is 0 Å². The van der Waals surface area contributed by atoms with Crippen LogP contribution in [0.15, 0.2) is 30.3 Å². The van der Waals surface area contributed by atoms with Crippen LogP contribution in [-0.2, 0) is 4.79 Å². The number of aromatic nitrogens is 2. The number of nitrogens with zero attached hydrogens (tertiary/aromatic N) is 2. The Bertz CT molecular complexity index is 668. The minimum Gasteiger partial charge on any atom is -0.492 e. The van der Waals surface area contributed by atoms with E-state index in [4.69, 9.17) is 4.74 Å². The summed E-state index contributed by atoms with van der Waals surface area (Å²) in [7, 11) is 0. The van der Waals surface area contributed by atoms with Gasteiger partial charge in [-0.2, -0.15) is 0 Å². The van der Waals surface area contributed by atoms with Gasteiger partial charge in [0.05, 0.1) is 12.3 Å². The van der Waals surface area contributed by atoms with Crippen molar-refractivity contribution in [2.75, 3.05) is 23.8 Å². The predicted octanol–water partition coefficient (Wildman–Crippen LogP) is 3.32. The van der Waals surface area contributed by atoms with Gasteiger partial charge >= 0.3 is 0 Å². The molecule has 0 aliphatic rings. The highest BCUT2D eigenvalue weighted by molar-refractivity contribution is 5.92. The summed E-state index contributed by atoms with van der Waals surface area (Å²) in [4.78, 5) is 20.7. The lowest BCUT2D eigenvalue weighted by molar-refractivity contribution is -0.116. The number of rotatable bonds is 8. The van der Waals surface area contributed by atoms with Gasteiger partial charge in [0.25, 0.3) is 0 Å². The number of ether oxygens (including phenoxy) is 1. The molecule has 2 aromatic rings. The first-order chi connectivity index (χ1) is 11.6. The van der Waals surface area contributed by atoms with E-state index in [1.807, 2.05) is 51.1 Å². The number of carbonyl (C=O) groups is 1. The smallest absolute Gasteiger partial charge is 0.224 e. The van der Waals surface area contributed by atoms with Crippen LogP contribution < -0.4 is 15.4 Å². The van der Waals surface area contributed by atoms with E-state index in [0.717, 1.165) is 11.4 Å². The van der Waals surface area contributed by atoms with Gasteiger partial charge in [-0.25, -0.2) is 9.97 Å². The molecule has 24 heavy (non-hydrogen) atoms. The van der Waals surface area contributed by atoms with Gasteiger partial charge < -0.3 is 15.4 Å². The standard InChI is InChI=1S/C18H24N4O2/c1-4-24-16-9-6-5-8-15(16)22-17(23)10-7-11-19-18-20-13(2)12-14(3)21-18/h5-6,8-9,12H,4,7,10-11H2,1-3H3,(H,22,23)(H,19,20,21). The van der Waals surface area contributed by atoms with Crippen LogP contribution in [0.4, 0.5) is 11.6 Å². The van der Waals surface area contributed by atoms with Crippen LogP contribution in [-0.4, -0.2) is 29.0 Å². The molecule has 0 saturated heterocycles. The summed E-state index contributed by atoms with van der Waals surface area (Å²) in [6.07, 6.45) is 1.11. The van der Waals surface area contributed by atoms with Gasteiger partial charge in [-0.15, -0.1) is 0 Å². The van der Waals surface area contributed by atoms with Crippen molar-refractivity contribution >= 4 is 17.5 Å². The summed E-state index contributed by atoms with van der Waals surface area (Å²) < 4.78 is 5.50. The summed E-state index contributed by atoms with van der Waals surface area (Å²) in [5.41, 5.74) is 2.56. The van der Waals surface area contributed by atoms with Crippen LogP contribution in [0.5, 0.6) is 5.75 Å². The van der Waals surface area contributed by atoms with Crippen molar-refractivity contribution in [1.29, 1.82) is 0 Å². The summed E-state index contributed by atoms with van der Waals surface area (Å²) in [5.74, 6) is 1.26. The minimum absolute atomic E-state index is 0.0368. The van der Waals surface area contributed by atoms with E-state index in [1.54, 1.807) is 0 Å². The van der Waals surface area contributed by atoms with Crippen molar-refractivity contribution < 1.29 is 9.53 Å². The number of hydrogen-bond acceptors (Lipinski definition) is 5. The van der Waals surface area contributed by atoms with E-state index in [0.29, 0.717) is 43.4 Å². The van der Waals surface area contributed by atoms with Gasteiger partial charge in [-0.05, 0) is 45.4 Å². The summed E-state index contributed by atoms with van der Waals surface area (Å²) in [6.45, 7) is 6.99. The molecule has 0 spiro atoms. The molecular weight excluding hydrogens is 304 g/mol. The first-order valence-corrected chi connectivity index (χ1v) is 8.16. The molecular formula is C18H24N4O2. The number of amides is 1. The first-order valence-electron chi connectivity index (χ1n) is 8.16. The van der Waals surface area contributed by atoms with Crippen LogP contribution in [0.1, 0.15) is 31.2 Å². The molecule has 0 bridgehead atoms. The van der Waals surface area contributed by atoms with Crippen molar-refractivity contribution in [3.05, 3.63) is 41.7 Å². The average molecular weight is 328 g/mol. The Hall–Kier alpha value is -2.63. The molecule has 0 radical (unpaired) electrons. The number of aryl methyl sites for hydroxylation is 2. The zero-order chi connectivity index (χ0) is 17.4. The Morgan fingerprint density at radius 3 is 2.58 bits per heavy atom. The third-order valence-corrected chi connectivity index (χ3v) is 3.31. The van der Waals surface area contributed by atoms with Crippen molar-refractivity contribution in [1.82, 2.24) is 9.97 Å². The average Bonchev–Trinajstić information content (AvgIpc) is 2.53. The molecule has 6 nitrogen and oxygen atoms in total. The van der Waals surface area contributed by atoms with Crippen LogP contribution in [0.2, 0.25) is 0 Å². The Kier molecular flexibility index (Phi) is 6.54. The van der Waals surface area contributed by atoms with E-state index in [-0.39, 0.29) is 5.91 Å². The highest BCUT2D eigenvalue weighted by atomic mass is 16.5. The molecule has 0 saturated carbocycles. The third-order valence-electron chi connectivity index (χ3n) is 3.31. The molecule has 0 aliphatic heterocycles. The molecule has 0 fully saturated rings. The normalized spacial score (nSPS) is 10.3. The van der Waals surface area contributed by atoms with Crippen molar-refractivity contribution in [3.8, 4) is 5.75 Å². The molecule has 0 atom stereocenters. The second-order valence-corrected chi connectivity index (χ2v) is 5.48. The monoisotopic (exact) mass is 328 g/mol. The van der Waals surface area contributed by atoms with Gasteiger partial charge in [-0.3, -0.25) is 4.79 Å². The van der Waals surface area contributed by atoms with Crippen LogP contribution in [0.3, 0.4) is 0 Å². The fourth-order valence-electron chi connectivity index (χ4n) is 2.32. The molecule has 128 valence electrons. The van der Waals surface area contributed by atoms with Gasteiger partial charge in [-0.1, -0.05) is 12.1 Å². The summed E-state index contributed by atoms with van der Waals surface area (Å²) >= 11 is 0. The molecule has 6 heteroatoms. The Labute approximate surface area is 142 Å². The lowest BCUT2D eigenvalue weighted by atomic mass is 10.2. The predicted molar refractivity (Wildman–Crippen MR) is 95.5 cm³/mol. The Balaban J connectivity index is 1.77. The fraction of sp³-hybridized carbons (Fsp3) is 0.389. The summed E-state index contributed by atoms with van der Waals surface area (Å²) in [5, 5.41) is 6.04. The topological polar surface area (TPSA) is 76.1 Å². The number of benzene rings is 1. The maximum atomic E-state index is 12.1. The molecule has 0 aliphatic carbocycles. The molecule has 2 N–H and O–H groups in total. The maximum absolute atomic E-state index is 12.1. The lowest BCUT2D eigenvalue weighted by Gasteiger charge is -2.11. The SMILES string of the molecule is CCOc1ccccc1NC(=O)CCCNc1nc(C)cc(C)n1. The number of para-hydroxylation sites is 2. The van der Waals surface area contributed by atoms with Crippen molar-refractivity contribution in [2.45, 2.75) is 33.6 Å². The van der Waals surface area contributed by atoms with E-state index in [9.17, 15) is 4.79 Å². The number of carbonyl (C=O) groups excluding carboxylic acids is 1. The highest BCUT2D eigenvalue weighted by Crippen LogP contribution is 2.23. The van der Waals surface area contributed by atoms with Gasteiger partial charge in [0.2, 0.25) is 11.9 Å². The Morgan fingerprint density at radius 1 is 1.17 bits per heavy atom. The number of hydrogen-bond donors (Lipinski definition) is 2. The van der Waals surface area contributed by atoms with Crippen LogP contribution >= 0.6 is 0 Å². The number of nitrogens with one attached hydrogen (secondary N) is 2. The van der Waals surface area contributed by atoms with E-state index >= 15 is 0 Å². The second-order valence-electron chi connectivity index (χ2n) is 5.48. The number of anilines is 2. The molecule has 1 aromatic carbocycles.